The van der Waals surface area contributed by atoms with Crippen LogP contribution in [0.3, 0.4) is 0 Å². The second-order valence-electron chi connectivity index (χ2n) is 2.38. The SMILES string of the molecule is CCC(C)C1OC1O. The van der Waals surface area contributed by atoms with Gasteiger partial charge >= 0.3 is 0 Å². The molecule has 1 N–H and O–H groups in total. The molecule has 0 aliphatic carbocycles. The van der Waals surface area contributed by atoms with Gasteiger partial charge in [-0.3, -0.25) is 0 Å². The Morgan fingerprint density at radius 1 is 1.75 bits per heavy atom. The van der Waals surface area contributed by atoms with Crippen LogP contribution in [0.25, 0.3) is 0 Å². The summed E-state index contributed by atoms with van der Waals surface area (Å²) in [5, 5.41) is 8.71. The monoisotopic (exact) mass is 116 g/mol. The lowest BCUT2D eigenvalue weighted by Gasteiger charge is -1.99. The van der Waals surface area contributed by atoms with Crippen LogP contribution >= 0.6 is 0 Å². The van der Waals surface area contributed by atoms with E-state index in [1.54, 1.807) is 0 Å². The predicted octanol–water partition coefficient (Wildman–Crippen LogP) is 0.750. The molecule has 1 aliphatic heterocycles. The Balaban J connectivity index is 2.18. The summed E-state index contributed by atoms with van der Waals surface area (Å²) in [6.45, 7) is 4.18. The summed E-state index contributed by atoms with van der Waals surface area (Å²) in [5.41, 5.74) is 0. The van der Waals surface area contributed by atoms with Crippen LogP contribution in [0.5, 0.6) is 0 Å². The molecule has 0 amide bonds. The smallest absolute Gasteiger partial charge is 0.182 e. The van der Waals surface area contributed by atoms with Crippen molar-refractivity contribution in [3.63, 3.8) is 0 Å². The van der Waals surface area contributed by atoms with E-state index in [1.165, 1.54) is 0 Å². The van der Waals surface area contributed by atoms with Gasteiger partial charge in [0.1, 0.15) is 6.10 Å². The predicted molar refractivity (Wildman–Crippen MR) is 30.3 cm³/mol. The highest BCUT2D eigenvalue weighted by Crippen LogP contribution is 2.28. The lowest BCUT2D eigenvalue weighted by atomic mass is 10.1. The maximum Gasteiger partial charge on any atom is 0.182 e. The van der Waals surface area contributed by atoms with Crippen LogP contribution in [-0.2, 0) is 4.74 Å². The molecule has 1 aliphatic rings. The number of aliphatic hydroxyl groups excluding tert-OH is 1. The average molecular weight is 116 g/mol. The summed E-state index contributed by atoms with van der Waals surface area (Å²) in [6, 6.07) is 0. The molecule has 0 saturated carbocycles. The minimum atomic E-state index is -0.454. The van der Waals surface area contributed by atoms with Crippen molar-refractivity contribution < 1.29 is 9.84 Å². The molecule has 0 aromatic heterocycles. The van der Waals surface area contributed by atoms with Gasteiger partial charge in [0.05, 0.1) is 0 Å². The van der Waals surface area contributed by atoms with E-state index in [-0.39, 0.29) is 6.10 Å². The molecular weight excluding hydrogens is 104 g/mol. The highest BCUT2D eigenvalue weighted by atomic mass is 16.7. The van der Waals surface area contributed by atoms with Crippen LogP contribution in [0.2, 0.25) is 0 Å². The fraction of sp³-hybridized carbons (Fsp3) is 1.00. The molecule has 8 heavy (non-hydrogen) atoms. The molecule has 3 unspecified atom stereocenters. The van der Waals surface area contributed by atoms with E-state index in [0.29, 0.717) is 5.92 Å². The largest absolute Gasteiger partial charge is 0.366 e. The van der Waals surface area contributed by atoms with Gasteiger partial charge in [-0.2, -0.15) is 0 Å². The van der Waals surface area contributed by atoms with E-state index >= 15 is 0 Å². The van der Waals surface area contributed by atoms with E-state index in [9.17, 15) is 0 Å². The zero-order valence-corrected chi connectivity index (χ0v) is 5.29. The van der Waals surface area contributed by atoms with Gasteiger partial charge in [0, 0.05) is 0 Å². The molecule has 1 heterocycles. The van der Waals surface area contributed by atoms with Gasteiger partial charge in [-0.1, -0.05) is 20.3 Å². The molecule has 1 saturated heterocycles. The Morgan fingerprint density at radius 3 is 2.38 bits per heavy atom. The van der Waals surface area contributed by atoms with Gasteiger partial charge in [0.2, 0.25) is 0 Å². The van der Waals surface area contributed by atoms with E-state index in [0.717, 1.165) is 6.42 Å². The lowest BCUT2D eigenvalue weighted by molar-refractivity contribution is 0.155. The third kappa shape index (κ3) is 1.01. The molecule has 0 aromatic rings. The molecule has 3 atom stereocenters. The summed E-state index contributed by atoms with van der Waals surface area (Å²) in [5.74, 6) is 0.519. The fourth-order valence-corrected chi connectivity index (χ4v) is 0.763. The molecule has 0 bridgehead atoms. The molecule has 0 spiro atoms. The highest BCUT2D eigenvalue weighted by molar-refractivity contribution is 4.79. The maximum absolute atomic E-state index is 8.71. The lowest BCUT2D eigenvalue weighted by Crippen LogP contribution is -2.04. The quantitative estimate of drug-likeness (QED) is 0.540. The zero-order chi connectivity index (χ0) is 6.15. The number of hydrogen-bond donors (Lipinski definition) is 1. The van der Waals surface area contributed by atoms with Crippen molar-refractivity contribution in [3.8, 4) is 0 Å². The Labute approximate surface area is 49.5 Å². The summed E-state index contributed by atoms with van der Waals surface area (Å²) in [4.78, 5) is 0. The molecule has 2 nitrogen and oxygen atoms in total. The molecule has 0 radical (unpaired) electrons. The van der Waals surface area contributed by atoms with Crippen LogP contribution in [0, 0.1) is 5.92 Å². The molecule has 0 aromatic carbocycles. The van der Waals surface area contributed by atoms with Gasteiger partial charge in [0.15, 0.2) is 6.29 Å². The normalized spacial score (nSPS) is 39.4. The van der Waals surface area contributed by atoms with Gasteiger partial charge in [-0.15, -0.1) is 0 Å². The first-order chi connectivity index (χ1) is 3.75. The third-order valence-electron chi connectivity index (χ3n) is 1.71. The van der Waals surface area contributed by atoms with Crippen molar-refractivity contribution in [1.82, 2.24) is 0 Å². The summed E-state index contributed by atoms with van der Waals surface area (Å²) < 4.78 is 4.83. The number of rotatable bonds is 2. The van der Waals surface area contributed by atoms with Crippen molar-refractivity contribution in [2.75, 3.05) is 0 Å². The van der Waals surface area contributed by atoms with Gasteiger partial charge in [-0.05, 0) is 5.92 Å². The average Bonchev–Trinajstić information content (AvgIpc) is 2.45. The number of ether oxygens (including phenoxy) is 1. The molecule has 2 heteroatoms. The number of hydrogen-bond acceptors (Lipinski definition) is 2. The van der Waals surface area contributed by atoms with Crippen molar-refractivity contribution in [2.24, 2.45) is 5.92 Å². The summed E-state index contributed by atoms with van der Waals surface area (Å²) >= 11 is 0. The van der Waals surface area contributed by atoms with Gasteiger partial charge < -0.3 is 9.84 Å². The Morgan fingerprint density at radius 2 is 2.25 bits per heavy atom. The summed E-state index contributed by atoms with van der Waals surface area (Å²) in [6.07, 6.45) is 0.770. The minimum Gasteiger partial charge on any atom is -0.366 e. The Bertz CT molecular complexity index is 80.6. The van der Waals surface area contributed by atoms with E-state index in [2.05, 4.69) is 13.8 Å². The minimum absolute atomic E-state index is 0.139. The number of aliphatic hydroxyl groups is 1. The van der Waals surface area contributed by atoms with E-state index in [4.69, 9.17) is 9.84 Å². The van der Waals surface area contributed by atoms with Crippen LogP contribution < -0.4 is 0 Å². The fourth-order valence-electron chi connectivity index (χ4n) is 0.763. The Hall–Kier alpha value is -0.0800. The topological polar surface area (TPSA) is 32.8 Å². The van der Waals surface area contributed by atoms with Gasteiger partial charge in [0.25, 0.3) is 0 Å². The summed E-state index contributed by atoms with van der Waals surface area (Å²) in [7, 11) is 0. The first-order valence-corrected chi connectivity index (χ1v) is 3.09. The van der Waals surface area contributed by atoms with Crippen LogP contribution in [-0.4, -0.2) is 17.5 Å². The van der Waals surface area contributed by atoms with Crippen molar-refractivity contribution in [1.29, 1.82) is 0 Å². The first-order valence-electron chi connectivity index (χ1n) is 3.09. The third-order valence-corrected chi connectivity index (χ3v) is 1.71. The molecular formula is C6H12O2. The Kier molecular flexibility index (Phi) is 1.54. The molecule has 48 valence electrons. The second-order valence-corrected chi connectivity index (χ2v) is 2.38. The van der Waals surface area contributed by atoms with Crippen molar-refractivity contribution in [2.45, 2.75) is 32.7 Å². The zero-order valence-electron chi connectivity index (χ0n) is 5.29. The number of epoxide rings is 1. The maximum atomic E-state index is 8.71. The van der Waals surface area contributed by atoms with E-state index in [1.807, 2.05) is 0 Å². The highest BCUT2D eigenvalue weighted by Gasteiger charge is 2.40. The van der Waals surface area contributed by atoms with Gasteiger partial charge in [-0.25, -0.2) is 0 Å². The van der Waals surface area contributed by atoms with Crippen LogP contribution in [0.1, 0.15) is 20.3 Å². The molecule has 1 rings (SSSR count). The standard InChI is InChI=1S/C6H12O2/c1-3-4(2)5-6(7)8-5/h4-7H,3H2,1-2H3. The second kappa shape index (κ2) is 2.03. The first kappa shape index (κ1) is 6.05. The van der Waals surface area contributed by atoms with Crippen LogP contribution in [0.4, 0.5) is 0 Å². The van der Waals surface area contributed by atoms with Crippen molar-refractivity contribution in [3.05, 3.63) is 0 Å². The molecule has 1 fully saturated rings. The van der Waals surface area contributed by atoms with Crippen LogP contribution in [0.15, 0.2) is 0 Å². The van der Waals surface area contributed by atoms with E-state index < -0.39 is 6.29 Å². The van der Waals surface area contributed by atoms with Crippen molar-refractivity contribution >= 4 is 0 Å².